The van der Waals surface area contributed by atoms with E-state index < -0.39 is 8.32 Å². The van der Waals surface area contributed by atoms with Gasteiger partial charge in [-0.15, -0.1) is 0 Å². The Labute approximate surface area is 166 Å². The molecular weight excluding hydrogens is 366 g/mol. The van der Waals surface area contributed by atoms with Crippen molar-refractivity contribution in [2.75, 3.05) is 0 Å². The van der Waals surface area contributed by atoms with Gasteiger partial charge in [-0.3, -0.25) is 9.89 Å². The average molecular weight is 394 g/mol. The van der Waals surface area contributed by atoms with E-state index in [1.165, 1.54) is 4.68 Å². The Morgan fingerprint density at radius 1 is 1.07 bits per heavy atom. The summed E-state index contributed by atoms with van der Waals surface area (Å²) in [5.74, 6) is 1.47. The molecule has 0 atom stereocenters. The van der Waals surface area contributed by atoms with Crippen LogP contribution < -0.4 is 9.99 Å². The third-order valence-electron chi connectivity index (χ3n) is 5.13. The Morgan fingerprint density at radius 3 is 2.39 bits per heavy atom. The SMILES string of the molecule is CC(C)(C)[Si](C)(C)Oc1ccc(C=Cc2cc(=O)n(-c3ccccn3)[nH]2)cc1. The van der Waals surface area contributed by atoms with E-state index in [0.29, 0.717) is 5.82 Å². The van der Waals surface area contributed by atoms with Crippen LogP contribution in [0, 0.1) is 0 Å². The number of nitrogens with one attached hydrogen (secondary N) is 1. The maximum atomic E-state index is 12.2. The quantitative estimate of drug-likeness (QED) is 0.612. The fourth-order valence-electron chi connectivity index (χ4n) is 2.44. The lowest BCUT2D eigenvalue weighted by Gasteiger charge is -2.36. The molecule has 0 radical (unpaired) electrons. The Bertz CT molecular complexity index is 1010. The van der Waals surface area contributed by atoms with Gasteiger partial charge in [0.15, 0.2) is 5.82 Å². The summed E-state index contributed by atoms with van der Waals surface area (Å²) in [6.45, 7) is 11.2. The molecule has 0 amide bonds. The largest absolute Gasteiger partial charge is 0.544 e. The second-order valence-corrected chi connectivity index (χ2v) is 13.1. The average Bonchev–Trinajstić information content (AvgIpc) is 3.01. The second kappa shape index (κ2) is 7.64. The van der Waals surface area contributed by atoms with Crippen molar-refractivity contribution in [2.24, 2.45) is 0 Å². The molecule has 2 aromatic heterocycles. The van der Waals surface area contributed by atoms with Crippen molar-refractivity contribution >= 4 is 20.5 Å². The molecule has 0 saturated carbocycles. The van der Waals surface area contributed by atoms with Crippen molar-refractivity contribution in [3.63, 3.8) is 0 Å². The molecule has 0 unspecified atom stereocenters. The van der Waals surface area contributed by atoms with E-state index in [0.717, 1.165) is 17.0 Å². The van der Waals surface area contributed by atoms with E-state index in [1.54, 1.807) is 18.3 Å². The van der Waals surface area contributed by atoms with E-state index in [2.05, 4.69) is 43.9 Å². The van der Waals surface area contributed by atoms with Gasteiger partial charge in [-0.25, -0.2) is 9.67 Å². The first-order valence-electron chi connectivity index (χ1n) is 9.36. The number of hydrogen-bond acceptors (Lipinski definition) is 3. The third-order valence-corrected chi connectivity index (χ3v) is 9.49. The number of H-pyrrole nitrogens is 1. The summed E-state index contributed by atoms with van der Waals surface area (Å²) >= 11 is 0. The molecular formula is C22H27N3O2Si. The Balaban J connectivity index is 1.73. The fraction of sp³-hybridized carbons (Fsp3) is 0.273. The van der Waals surface area contributed by atoms with Crippen molar-refractivity contribution in [1.82, 2.24) is 14.8 Å². The molecule has 5 nitrogen and oxygen atoms in total. The topological polar surface area (TPSA) is 59.9 Å². The zero-order valence-electron chi connectivity index (χ0n) is 17.1. The van der Waals surface area contributed by atoms with Crippen LogP contribution in [0.25, 0.3) is 18.0 Å². The number of rotatable bonds is 5. The highest BCUT2D eigenvalue weighted by Crippen LogP contribution is 2.37. The molecule has 0 aliphatic heterocycles. The fourth-order valence-corrected chi connectivity index (χ4v) is 3.47. The van der Waals surface area contributed by atoms with Gasteiger partial charge in [0.2, 0.25) is 8.32 Å². The second-order valence-electron chi connectivity index (χ2n) is 8.34. The molecule has 0 fully saturated rings. The van der Waals surface area contributed by atoms with Gasteiger partial charge >= 0.3 is 0 Å². The summed E-state index contributed by atoms with van der Waals surface area (Å²) in [7, 11) is -1.84. The van der Waals surface area contributed by atoms with Gasteiger partial charge < -0.3 is 4.43 Å². The molecule has 6 heteroatoms. The van der Waals surface area contributed by atoms with Gasteiger partial charge in [-0.05, 0) is 54.0 Å². The summed E-state index contributed by atoms with van der Waals surface area (Å²) < 4.78 is 7.74. The van der Waals surface area contributed by atoms with Gasteiger partial charge in [0.1, 0.15) is 5.75 Å². The van der Waals surface area contributed by atoms with E-state index in [9.17, 15) is 4.79 Å². The molecule has 1 N–H and O–H groups in total. The van der Waals surface area contributed by atoms with Crippen LogP contribution in [0.4, 0.5) is 0 Å². The highest BCUT2D eigenvalue weighted by Gasteiger charge is 2.38. The van der Waals surface area contributed by atoms with Crippen molar-refractivity contribution in [3.05, 3.63) is 76.3 Å². The lowest BCUT2D eigenvalue weighted by atomic mass is 10.2. The van der Waals surface area contributed by atoms with Crippen molar-refractivity contribution in [1.29, 1.82) is 0 Å². The Kier molecular flexibility index (Phi) is 5.42. The molecule has 2 heterocycles. The number of hydrogen-bond donors (Lipinski definition) is 1. The van der Waals surface area contributed by atoms with E-state index in [-0.39, 0.29) is 10.6 Å². The lowest BCUT2D eigenvalue weighted by Crippen LogP contribution is -2.43. The molecule has 146 valence electrons. The molecule has 3 rings (SSSR count). The monoisotopic (exact) mass is 393 g/mol. The maximum Gasteiger partial charge on any atom is 0.273 e. The van der Waals surface area contributed by atoms with Crippen LogP contribution in [0.15, 0.2) is 59.5 Å². The predicted octanol–water partition coefficient (Wildman–Crippen LogP) is 5.12. The zero-order valence-corrected chi connectivity index (χ0v) is 18.1. The van der Waals surface area contributed by atoms with Crippen LogP contribution in [-0.4, -0.2) is 23.1 Å². The van der Waals surface area contributed by atoms with Gasteiger partial charge in [0, 0.05) is 12.3 Å². The normalized spacial score (nSPS) is 12.5. The van der Waals surface area contributed by atoms with E-state index in [4.69, 9.17) is 4.43 Å². The first kappa shape index (κ1) is 19.9. The third kappa shape index (κ3) is 4.51. The zero-order chi connectivity index (χ0) is 20.4. The molecule has 0 saturated heterocycles. The van der Waals surface area contributed by atoms with Crippen LogP contribution in [0.2, 0.25) is 18.1 Å². The van der Waals surface area contributed by atoms with Gasteiger partial charge in [-0.1, -0.05) is 45.0 Å². The summed E-state index contributed by atoms with van der Waals surface area (Å²) in [5.41, 5.74) is 1.61. The lowest BCUT2D eigenvalue weighted by molar-refractivity contribution is 0.492. The number of pyridine rings is 1. The number of benzene rings is 1. The van der Waals surface area contributed by atoms with Gasteiger partial charge in [0.05, 0.1) is 5.69 Å². The summed E-state index contributed by atoms with van der Waals surface area (Å²) in [6.07, 6.45) is 5.50. The summed E-state index contributed by atoms with van der Waals surface area (Å²) in [5, 5.41) is 3.23. The van der Waals surface area contributed by atoms with Crippen LogP contribution in [0.1, 0.15) is 32.0 Å². The molecule has 0 aliphatic rings. The predicted molar refractivity (Wildman–Crippen MR) is 117 cm³/mol. The van der Waals surface area contributed by atoms with Crippen LogP contribution in [0.3, 0.4) is 0 Å². The Hall–Kier alpha value is -2.86. The van der Waals surface area contributed by atoms with Gasteiger partial charge in [0.25, 0.3) is 5.56 Å². The smallest absolute Gasteiger partial charge is 0.273 e. The van der Waals surface area contributed by atoms with Crippen molar-refractivity contribution < 1.29 is 4.43 Å². The molecule has 28 heavy (non-hydrogen) atoms. The van der Waals surface area contributed by atoms with E-state index in [1.807, 2.05) is 48.6 Å². The van der Waals surface area contributed by atoms with Crippen LogP contribution >= 0.6 is 0 Å². The van der Waals surface area contributed by atoms with Gasteiger partial charge in [-0.2, -0.15) is 0 Å². The minimum absolute atomic E-state index is 0.142. The first-order valence-corrected chi connectivity index (χ1v) is 12.3. The minimum atomic E-state index is -1.84. The first-order chi connectivity index (χ1) is 13.2. The molecule has 0 aliphatic carbocycles. The highest BCUT2D eigenvalue weighted by molar-refractivity contribution is 6.74. The summed E-state index contributed by atoms with van der Waals surface area (Å²) in [6, 6.07) is 15.0. The summed E-state index contributed by atoms with van der Waals surface area (Å²) in [4.78, 5) is 16.3. The molecule has 0 spiro atoms. The standard InChI is InChI=1S/C22H27N3O2Si/c1-22(2,3)28(4,5)27-19-13-10-17(11-14-19)9-12-18-16-21(26)25(24-18)20-8-6-7-15-23-20/h6-16,24H,1-5H3. The van der Waals surface area contributed by atoms with Crippen molar-refractivity contribution in [3.8, 4) is 11.6 Å². The Morgan fingerprint density at radius 2 is 1.79 bits per heavy atom. The molecule has 0 bridgehead atoms. The van der Waals surface area contributed by atoms with Crippen molar-refractivity contribution in [2.45, 2.75) is 38.9 Å². The number of nitrogens with zero attached hydrogens (tertiary/aromatic N) is 2. The number of aromatic nitrogens is 3. The molecule has 3 aromatic rings. The van der Waals surface area contributed by atoms with Crippen LogP contribution in [-0.2, 0) is 0 Å². The highest BCUT2D eigenvalue weighted by atomic mass is 28.4. The minimum Gasteiger partial charge on any atom is -0.544 e. The number of aromatic amines is 1. The van der Waals surface area contributed by atoms with E-state index >= 15 is 0 Å². The molecule has 1 aromatic carbocycles. The maximum absolute atomic E-state index is 12.2. The van der Waals surface area contributed by atoms with Crippen LogP contribution in [0.5, 0.6) is 5.75 Å².